The normalized spacial score (nSPS) is 9.57. The minimum Gasteiger partial charge on any atom is -0.492 e. The van der Waals surface area contributed by atoms with E-state index in [-0.39, 0.29) is 18.9 Å². The van der Waals surface area contributed by atoms with Crippen molar-refractivity contribution in [3.63, 3.8) is 0 Å². The molecule has 0 fully saturated rings. The van der Waals surface area contributed by atoms with E-state index in [1.807, 2.05) is 0 Å². The molecule has 0 aliphatic heterocycles. The van der Waals surface area contributed by atoms with Crippen molar-refractivity contribution in [2.24, 2.45) is 5.73 Å². The van der Waals surface area contributed by atoms with Crippen LogP contribution in [0.1, 0.15) is 5.56 Å². The van der Waals surface area contributed by atoms with Gasteiger partial charge in [0, 0.05) is 18.7 Å². The third kappa shape index (κ3) is 2.18. The number of halogens is 2. The highest BCUT2D eigenvalue weighted by atomic mass is 19.1. The van der Waals surface area contributed by atoms with Crippen molar-refractivity contribution in [3.8, 4) is 11.8 Å². The molecular formula is C9H8F2N2O. The van der Waals surface area contributed by atoms with Crippen LogP contribution in [0.4, 0.5) is 8.78 Å². The minimum atomic E-state index is -0.931. The first-order valence-electron chi connectivity index (χ1n) is 3.91. The van der Waals surface area contributed by atoms with Crippen molar-refractivity contribution in [3.05, 3.63) is 29.3 Å². The Hall–Kier alpha value is -1.67. The third-order valence-electron chi connectivity index (χ3n) is 1.51. The average molecular weight is 198 g/mol. The standard InChI is InChI=1S/C9H8F2N2O/c10-8-3-6(14-2-1-12)4-9(11)7(8)5-13/h3-4H,1-2,12H2. The molecule has 0 atom stereocenters. The molecule has 5 heteroatoms. The van der Waals surface area contributed by atoms with Gasteiger partial charge >= 0.3 is 0 Å². The molecule has 1 aromatic rings. The highest BCUT2D eigenvalue weighted by molar-refractivity contribution is 5.37. The zero-order valence-electron chi connectivity index (χ0n) is 7.26. The summed E-state index contributed by atoms with van der Waals surface area (Å²) in [5, 5.41) is 8.38. The molecule has 1 aromatic carbocycles. The van der Waals surface area contributed by atoms with Crippen molar-refractivity contribution >= 4 is 0 Å². The summed E-state index contributed by atoms with van der Waals surface area (Å²) in [5.41, 5.74) is 4.54. The highest BCUT2D eigenvalue weighted by Gasteiger charge is 2.10. The SMILES string of the molecule is N#Cc1c(F)cc(OCCN)cc1F. The lowest BCUT2D eigenvalue weighted by atomic mass is 10.2. The maximum Gasteiger partial charge on any atom is 0.147 e. The average Bonchev–Trinajstić information content (AvgIpc) is 2.14. The van der Waals surface area contributed by atoms with Crippen molar-refractivity contribution in [1.82, 2.24) is 0 Å². The summed E-state index contributed by atoms with van der Waals surface area (Å²) < 4.78 is 30.8. The number of hydrogen-bond donors (Lipinski definition) is 1. The molecule has 0 spiro atoms. The first-order valence-corrected chi connectivity index (χ1v) is 3.91. The van der Waals surface area contributed by atoms with Gasteiger partial charge in [-0.1, -0.05) is 0 Å². The summed E-state index contributed by atoms with van der Waals surface area (Å²) in [7, 11) is 0. The van der Waals surface area contributed by atoms with Gasteiger partial charge in [0.1, 0.15) is 35.6 Å². The van der Waals surface area contributed by atoms with Crippen LogP contribution >= 0.6 is 0 Å². The summed E-state index contributed by atoms with van der Waals surface area (Å²) in [6.45, 7) is 0.425. The monoisotopic (exact) mass is 198 g/mol. The van der Waals surface area contributed by atoms with Gasteiger partial charge in [0.15, 0.2) is 0 Å². The molecule has 0 unspecified atom stereocenters. The second-order valence-corrected chi connectivity index (χ2v) is 2.51. The van der Waals surface area contributed by atoms with E-state index in [9.17, 15) is 8.78 Å². The molecule has 0 saturated heterocycles. The van der Waals surface area contributed by atoms with Gasteiger partial charge in [0.25, 0.3) is 0 Å². The molecule has 2 N–H and O–H groups in total. The fraction of sp³-hybridized carbons (Fsp3) is 0.222. The molecule has 0 amide bonds. The largest absolute Gasteiger partial charge is 0.492 e. The Labute approximate surface area is 79.7 Å². The second kappa shape index (κ2) is 4.53. The Bertz CT molecular complexity index is 351. The van der Waals surface area contributed by atoms with Crippen molar-refractivity contribution < 1.29 is 13.5 Å². The number of ether oxygens (including phenoxy) is 1. The number of benzene rings is 1. The molecule has 0 aliphatic rings. The van der Waals surface area contributed by atoms with Crippen molar-refractivity contribution in [2.45, 2.75) is 0 Å². The van der Waals surface area contributed by atoms with E-state index in [1.165, 1.54) is 6.07 Å². The lowest BCUT2D eigenvalue weighted by Gasteiger charge is -2.05. The number of nitriles is 1. The first-order chi connectivity index (χ1) is 6.69. The van der Waals surface area contributed by atoms with Crippen LogP contribution in [-0.2, 0) is 0 Å². The van der Waals surface area contributed by atoms with Gasteiger partial charge in [-0.2, -0.15) is 5.26 Å². The summed E-state index contributed by atoms with van der Waals surface area (Å²) in [4.78, 5) is 0. The molecule has 1 rings (SSSR count). The Morgan fingerprint density at radius 3 is 2.36 bits per heavy atom. The van der Waals surface area contributed by atoms with Crippen LogP contribution in [-0.4, -0.2) is 13.2 Å². The Kier molecular flexibility index (Phi) is 3.37. The molecule has 14 heavy (non-hydrogen) atoms. The number of nitrogens with two attached hydrogens (primary N) is 1. The molecule has 0 heterocycles. The van der Waals surface area contributed by atoms with E-state index in [1.54, 1.807) is 0 Å². The lowest BCUT2D eigenvalue weighted by molar-refractivity contribution is 0.324. The predicted molar refractivity (Wildman–Crippen MR) is 45.6 cm³/mol. The third-order valence-corrected chi connectivity index (χ3v) is 1.51. The fourth-order valence-corrected chi connectivity index (χ4v) is 0.917. The predicted octanol–water partition coefficient (Wildman–Crippen LogP) is 1.17. The molecule has 74 valence electrons. The van der Waals surface area contributed by atoms with Gasteiger partial charge in [0.2, 0.25) is 0 Å². The zero-order chi connectivity index (χ0) is 10.6. The van der Waals surface area contributed by atoms with Crippen LogP contribution in [0.25, 0.3) is 0 Å². The van der Waals surface area contributed by atoms with E-state index in [0.29, 0.717) is 0 Å². The quantitative estimate of drug-likeness (QED) is 0.793. The minimum absolute atomic E-state index is 0.0319. The Balaban J connectivity index is 2.97. The molecule has 0 aliphatic carbocycles. The van der Waals surface area contributed by atoms with Crippen LogP contribution in [0.5, 0.6) is 5.75 Å². The van der Waals surface area contributed by atoms with E-state index in [0.717, 1.165) is 12.1 Å². The van der Waals surface area contributed by atoms with Crippen LogP contribution in [0.15, 0.2) is 12.1 Å². The van der Waals surface area contributed by atoms with Gasteiger partial charge < -0.3 is 10.5 Å². The van der Waals surface area contributed by atoms with E-state index < -0.39 is 17.2 Å². The molecule has 3 nitrogen and oxygen atoms in total. The number of hydrogen-bond acceptors (Lipinski definition) is 3. The van der Waals surface area contributed by atoms with E-state index in [2.05, 4.69) is 0 Å². The van der Waals surface area contributed by atoms with Gasteiger partial charge in [-0.05, 0) is 0 Å². The van der Waals surface area contributed by atoms with E-state index >= 15 is 0 Å². The fourth-order valence-electron chi connectivity index (χ4n) is 0.917. The Morgan fingerprint density at radius 2 is 1.93 bits per heavy atom. The molecule has 0 bridgehead atoms. The first kappa shape index (κ1) is 10.4. The topological polar surface area (TPSA) is 59.0 Å². The van der Waals surface area contributed by atoms with Gasteiger partial charge in [-0.25, -0.2) is 8.78 Å². The Morgan fingerprint density at radius 1 is 1.36 bits per heavy atom. The summed E-state index contributed by atoms with van der Waals surface area (Å²) >= 11 is 0. The van der Waals surface area contributed by atoms with Crippen LogP contribution in [0.3, 0.4) is 0 Å². The number of nitrogens with zero attached hydrogens (tertiary/aromatic N) is 1. The van der Waals surface area contributed by atoms with E-state index in [4.69, 9.17) is 15.7 Å². The van der Waals surface area contributed by atoms with Crippen LogP contribution in [0.2, 0.25) is 0 Å². The second-order valence-electron chi connectivity index (χ2n) is 2.51. The molecular weight excluding hydrogens is 190 g/mol. The summed E-state index contributed by atoms with van der Waals surface area (Å²) in [6.07, 6.45) is 0. The van der Waals surface area contributed by atoms with Gasteiger partial charge in [0.05, 0.1) is 0 Å². The van der Waals surface area contributed by atoms with Gasteiger partial charge in [-0.3, -0.25) is 0 Å². The maximum atomic E-state index is 13.0. The van der Waals surface area contributed by atoms with Crippen LogP contribution < -0.4 is 10.5 Å². The molecule has 0 radical (unpaired) electrons. The highest BCUT2D eigenvalue weighted by Crippen LogP contribution is 2.19. The van der Waals surface area contributed by atoms with Gasteiger partial charge in [-0.15, -0.1) is 0 Å². The number of rotatable bonds is 3. The lowest BCUT2D eigenvalue weighted by Crippen LogP contribution is -2.11. The van der Waals surface area contributed by atoms with Crippen molar-refractivity contribution in [1.29, 1.82) is 5.26 Å². The summed E-state index contributed by atoms with van der Waals surface area (Å²) in [5.74, 6) is -1.83. The summed E-state index contributed by atoms with van der Waals surface area (Å²) in [6, 6.07) is 3.33. The zero-order valence-corrected chi connectivity index (χ0v) is 7.26. The van der Waals surface area contributed by atoms with Crippen LogP contribution in [0, 0.1) is 23.0 Å². The smallest absolute Gasteiger partial charge is 0.147 e. The van der Waals surface area contributed by atoms with Crippen molar-refractivity contribution in [2.75, 3.05) is 13.2 Å². The molecule has 0 aromatic heterocycles. The molecule has 0 saturated carbocycles. The maximum absolute atomic E-state index is 13.0.